The lowest BCUT2D eigenvalue weighted by Crippen LogP contribution is -2.56. The van der Waals surface area contributed by atoms with Crippen molar-refractivity contribution in [3.05, 3.63) is 0 Å². The van der Waals surface area contributed by atoms with Gasteiger partial charge in [0, 0.05) is 6.21 Å². The van der Waals surface area contributed by atoms with E-state index in [-0.39, 0.29) is 17.6 Å². The van der Waals surface area contributed by atoms with E-state index >= 15 is 0 Å². The summed E-state index contributed by atoms with van der Waals surface area (Å²) in [7, 11) is 0. The zero-order valence-electron chi connectivity index (χ0n) is 8.07. The first-order chi connectivity index (χ1) is 6.73. The van der Waals surface area contributed by atoms with Crippen LogP contribution in [0.2, 0.25) is 0 Å². The van der Waals surface area contributed by atoms with Crippen LogP contribution in [0.1, 0.15) is 13.3 Å². The third-order valence-electron chi connectivity index (χ3n) is 2.79. The van der Waals surface area contributed by atoms with E-state index in [1.54, 1.807) is 6.21 Å². The van der Waals surface area contributed by atoms with E-state index in [9.17, 15) is 0 Å². The number of hydrogen-bond donors (Lipinski definition) is 0. The van der Waals surface area contributed by atoms with Crippen LogP contribution in [0.15, 0.2) is 9.98 Å². The lowest BCUT2D eigenvalue weighted by molar-refractivity contribution is -0.231. The van der Waals surface area contributed by atoms with Crippen molar-refractivity contribution >= 4 is 23.1 Å². The van der Waals surface area contributed by atoms with Gasteiger partial charge in [-0.25, -0.2) is 9.98 Å². The second-order valence-electron chi connectivity index (χ2n) is 3.71. The molecule has 2 rings (SSSR count). The van der Waals surface area contributed by atoms with Crippen LogP contribution < -0.4 is 0 Å². The van der Waals surface area contributed by atoms with Crippen molar-refractivity contribution in [2.45, 2.75) is 18.9 Å². The normalized spacial score (nSPS) is 37.3. The number of hydrogen-bond acceptors (Lipinski definition) is 4. The summed E-state index contributed by atoms with van der Waals surface area (Å²) in [5, 5.41) is 0.259. The first-order valence-electron chi connectivity index (χ1n) is 4.67. The fourth-order valence-electron chi connectivity index (χ4n) is 1.57. The van der Waals surface area contributed by atoms with Crippen molar-refractivity contribution in [1.82, 2.24) is 0 Å². The second kappa shape index (κ2) is 3.96. The lowest BCUT2D eigenvalue weighted by Gasteiger charge is -2.44. The van der Waals surface area contributed by atoms with Gasteiger partial charge in [-0.1, -0.05) is 6.92 Å². The number of aliphatic imine (C=N–C) groups is 2. The molecule has 4 nitrogen and oxygen atoms in total. The Morgan fingerprint density at radius 3 is 3.00 bits per heavy atom. The van der Waals surface area contributed by atoms with Crippen molar-refractivity contribution in [2.24, 2.45) is 15.9 Å². The molecule has 0 saturated carbocycles. The lowest BCUT2D eigenvalue weighted by atomic mass is 9.85. The third-order valence-corrected chi connectivity index (χ3v) is 3.01. The summed E-state index contributed by atoms with van der Waals surface area (Å²) >= 11 is 5.71. The minimum absolute atomic E-state index is 0.170. The van der Waals surface area contributed by atoms with Crippen LogP contribution in [-0.4, -0.2) is 37.1 Å². The topological polar surface area (TPSA) is 43.2 Å². The maximum Gasteiger partial charge on any atom is 0.219 e. The van der Waals surface area contributed by atoms with Crippen LogP contribution in [0.25, 0.3) is 0 Å². The summed E-state index contributed by atoms with van der Waals surface area (Å²) < 4.78 is 10.9. The highest BCUT2D eigenvalue weighted by Crippen LogP contribution is 2.32. The molecule has 0 N–H and O–H groups in total. The SMILES string of the molecule is CC1C/C=N\C(Cl)=N/COC12COC2. The Morgan fingerprint density at radius 1 is 1.57 bits per heavy atom. The first-order valence-corrected chi connectivity index (χ1v) is 5.05. The number of halogens is 1. The molecule has 0 aliphatic carbocycles. The smallest absolute Gasteiger partial charge is 0.219 e. The third kappa shape index (κ3) is 1.82. The standard InChI is InChI=1S/C9H13ClN2O2/c1-7-2-3-11-8(10)12-6-14-9(7)4-13-5-9/h3,7H,2,4-6H2,1H3/b11-3-,12-8-. The summed E-state index contributed by atoms with van der Waals surface area (Å²) in [5.41, 5.74) is -0.170. The van der Waals surface area contributed by atoms with Gasteiger partial charge in [-0.2, -0.15) is 0 Å². The van der Waals surface area contributed by atoms with Crippen LogP contribution in [0.3, 0.4) is 0 Å². The van der Waals surface area contributed by atoms with Crippen LogP contribution in [0.5, 0.6) is 0 Å². The molecule has 14 heavy (non-hydrogen) atoms. The number of nitrogens with zero attached hydrogens (tertiary/aromatic N) is 2. The van der Waals surface area contributed by atoms with Crippen LogP contribution in [0.4, 0.5) is 0 Å². The van der Waals surface area contributed by atoms with Crippen molar-refractivity contribution in [3.63, 3.8) is 0 Å². The Bertz CT molecular complexity index is 274. The molecule has 0 amide bonds. The molecule has 0 aromatic heterocycles. The van der Waals surface area contributed by atoms with Crippen LogP contribution in [-0.2, 0) is 9.47 Å². The van der Waals surface area contributed by atoms with Crippen LogP contribution in [0, 0.1) is 5.92 Å². The van der Waals surface area contributed by atoms with Crippen molar-refractivity contribution in [1.29, 1.82) is 0 Å². The fraction of sp³-hybridized carbons (Fsp3) is 0.778. The number of rotatable bonds is 0. The maximum absolute atomic E-state index is 5.71. The van der Waals surface area contributed by atoms with Crippen molar-refractivity contribution in [3.8, 4) is 0 Å². The maximum atomic E-state index is 5.71. The Hall–Kier alpha value is -0.450. The van der Waals surface area contributed by atoms with Gasteiger partial charge in [0.25, 0.3) is 0 Å². The molecule has 5 heteroatoms. The highest BCUT2D eigenvalue weighted by molar-refractivity contribution is 6.65. The van der Waals surface area contributed by atoms with E-state index in [1.165, 1.54) is 0 Å². The van der Waals surface area contributed by atoms with E-state index in [2.05, 4.69) is 16.9 Å². The minimum atomic E-state index is -0.170. The van der Waals surface area contributed by atoms with E-state index in [1.807, 2.05) is 0 Å². The van der Waals surface area contributed by atoms with Gasteiger partial charge in [0.15, 0.2) is 0 Å². The minimum Gasteiger partial charge on any atom is -0.375 e. The van der Waals surface area contributed by atoms with Crippen molar-refractivity contribution < 1.29 is 9.47 Å². The molecular weight excluding hydrogens is 204 g/mol. The number of ether oxygens (including phenoxy) is 2. The molecule has 1 fully saturated rings. The van der Waals surface area contributed by atoms with Gasteiger partial charge in [-0.3, -0.25) is 0 Å². The molecule has 1 atom stereocenters. The molecule has 0 bridgehead atoms. The predicted molar refractivity (Wildman–Crippen MR) is 55.1 cm³/mol. The highest BCUT2D eigenvalue weighted by atomic mass is 35.5. The molecule has 2 heterocycles. The molecule has 2 aliphatic heterocycles. The zero-order valence-corrected chi connectivity index (χ0v) is 8.83. The summed E-state index contributed by atoms with van der Waals surface area (Å²) in [4.78, 5) is 7.95. The average molecular weight is 217 g/mol. The number of amidine groups is 1. The monoisotopic (exact) mass is 216 g/mol. The molecule has 0 aromatic rings. The van der Waals surface area contributed by atoms with Crippen molar-refractivity contribution in [2.75, 3.05) is 19.9 Å². The summed E-state index contributed by atoms with van der Waals surface area (Å²) in [6, 6.07) is 0. The average Bonchev–Trinajstić information content (AvgIpc) is 2.14. The quantitative estimate of drug-likeness (QED) is 0.575. The Morgan fingerprint density at radius 2 is 2.36 bits per heavy atom. The van der Waals surface area contributed by atoms with E-state index < -0.39 is 0 Å². The predicted octanol–water partition coefficient (Wildman–Crippen LogP) is 1.43. The molecule has 1 unspecified atom stereocenters. The van der Waals surface area contributed by atoms with Gasteiger partial charge in [0.2, 0.25) is 5.29 Å². The molecule has 78 valence electrons. The summed E-state index contributed by atoms with van der Waals surface area (Å²) in [5.74, 6) is 0.387. The second-order valence-corrected chi connectivity index (χ2v) is 4.04. The van der Waals surface area contributed by atoms with Gasteiger partial charge in [-0.05, 0) is 23.9 Å². The Kier molecular flexibility index (Phi) is 2.85. The molecule has 1 saturated heterocycles. The summed E-state index contributed by atoms with van der Waals surface area (Å²) in [6.07, 6.45) is 2.64. The van der Waals surface area contributed by atoms with E-state index in [0.29, 0.717) is 19.1 Å². The van der Waals surface area contributed by atoms with Gasteiger partial charge in [0.05, 0.1) is 13.2 Å². The first kappa shape index (κ1) is 10.1. The van der Waals surface area contributed by atoms with Gasteiger partial charge >= 0.3 is 0 Å². The summed E-state index contributed by atoms with van der Waals surface area (Å²) in [6.45, 7) is 3.70. The van der Waals surface area contributed by atoms with Gasteiger partial charge < -0.3 is 9.47 Å². The largest absolute Gasteiger partial charge is 0.375 e. The Labute approximate surface area is 88.0 Å². The molecule has 1 spiro atoms. The zero-order chi connectivity index (χ0) is 10.0. The van der Waals surface area contributed by atoms with E-state index in [4.69, 9.17) is 21.1 Å². The van der Waals surface area contributed by atoms with Gasteiger partial charge in [-0.15, -0.1) is 0 Å². The Balaban J connectivity index is 2.10. The fourth-order valence-corrected chi connectivity index (χ4v) is 1.69. The molecule has 0 aromatic carbocycles. The van der Waals surface area contributed by atoms with Crippen LogP contribution >= 0.6 is 11.6 Å². The highest BCUT2D eigenvalue weighted by Gasteiger charge is 2.44. The van der Waals surface area contributed by atoms with Gasteiger partial charge in [0.1, 0.15) is 12.3 Å². The molecule has 0 radical (unpaired) electrons. The van der Waals surface area contributed by atoms with E-state index in [0.717, 1.165) is 6.42 Å². The molecule has 2 aliphatic rings. The molecular formula is C9H13ClN2O2.